The zero-order chi connectivity index (χ0) is 8.10. The topological polar surface area (TPSA) is 62.7 Å². The Morgan fingerprint density at radius 2 is 2.73 bits per heavy atom. The van der Waals surface area contributed by atoms with E-state index in [1.54, 1.807) is 0 Å². The van der Waals surface area contributed by atoms with Crippen LogP contribution in [0.4, 0.5) is 4.79 Å². The molecule has 0 atom stereocenters. The van der Waals surface area contributed by atoms with Gasteiger partial charge in [0.25, 0.3) is 0 Å². The third-order valence-corrected chi connectivity index (χ3v) is 1.33. The van der Waals surface area contributed by atoms with Gasteiger partial charge in [-0.05, 0) is 0 Å². The van der Waals surface area contributed by atoms with Crippen molar-refractivity contribution in [2.45, 2.75) is 0 Å². The van der Waals surface area contributed by atoms with Crippen LogP contribution in [0.25, 0.3) is 0 Å². The molecule has 0 aliphatic carbocycles. The first-order valence-corrected chi connectivity index (χ1v) is 3.42. The lowest BCUT2D eigenvalue weighted by Crippen LogP contribution is -2.34. The number of hydrogen-bond donors (Lipinski definition) is 2. The van der Waals surface area contributed by atoms with E-state index in [2.05, 4.69) is 20.4 Å². The van der Waals surface area contributed by atoms with E-state index in [1.165, 1.54) is 7.11 Å². The van der Waals surface area contributed by atoms with Crippen molar-refractivity contribution < 1.29 is 9.53 Å². The molecular weight excluding hydrogens is 146 g/mol. The number of methoxy groups -OCH3 is 1. The van der Waals surface area contributed by atoms with E-state index in [4.69, 9.17) is 0 Å². The maximum Gasteiger partial charge on any atom is 0.407 e. The number of carbonyl (C=O) groups excluding carboxylic acids is 1. The summed E-state index contributed by atoms with van der Waals surface area (Å²) in [5.74, 6) is 0.815. The third kappa shape index (κ3) is 2.45. The molecule has 0 bridgehead atoms. The van der Waals surface area contributed by atoms with Crippen molar-refractivity contribution in [1.29, 1.82) is 0 Å². The largest absolute Gasteiger partial charge is 0.453 e. The lowest BCUT2D eigenvalue weighted by atomic mass is 10.6. The van der Waals surface area contributed by atoms with Crippen molar-refractivity contribution in [1.82, 2.24) is 10.6 Å². The second-order valence-corrected chi connectivity index (χ2v) is 2.10. The predicted molar refractivity (Wildman–Crippen MR) is 40.7 cm³/mol. The molecule has 2 N–H and O–H groups in total. The lowest BCUT2D eigenvalue weighted by molar-refractivity contribution is 0.172. The Hall–Kier alpha value is -1.26. The Kier molecular flexibility index (Phi) is 2.71. The van der Waals surface area contributed by atoms with Gasteiger partial charge in [0.15, 0.2) is 0 Å². The Bertz CT molecular complexity index is 179. The van der Waals surface area contributed by atoms with E-state index >= 15 is 0 Å². The number of amidine groups is 1. The van der Waals surface area contributed by atoms with Gasteiger partial charge in [-0.15, -0.1) is 0 Å². The standard InChI is InChI=1S/C6H11N3O2/c1-11-6(10)9-4-5-7-2-3-8-5/h2-4H2,1H3,(H,7,8)(H,9,10). The highest BCUT2D eigenvalue weighted by Gasteiger charge is 2.05. The van der Waals surface area contributed by atoms with Gasteiger partial charge < -0.3 is 15.4 Å². The molecule has 1 amide bonds. The van der Waals surface area contributed by atoms with Crippen molar-refractivity contribution >= 4 is 11.9 Å². The van der Waals surface area contributed by atoms with Gasteiger partial charge in [-0.1, -0.05) is 0 Å². The van der Waals surface area contributed by atoms with Gasteiger partial charge in [-0.3, -0.25) is 4.99 Å². The van der Waals surface area contributed by atoms with Gasteiger partial charge in [0.1, 0.15) is 5.84 Å². The molecule has 0 fully saturated rings. The Labute approximate surface area is 64.8 Å². The van der Waals surface area contributed by atoms with Crippen molar-refractivity contribution in [3.63, 3.8) is 0 Å². The molecule has 1 heterocycles. The van der Waals surface area contributed by atoms with Crippen LogP contribution in [0.2, 0.25) is 0 Å². The van der Waals surface area contributed by atoms with Crippen LogP contribution in [-0.4, -0.2) is 38.7 Å². The van der Waals surface area contributed by atoms with Gasteiger partial charge in [0, 0.05) is 6.54 Å². The van der Waals surface area contributed by atoms with Crippen molar-refractivity contribution in [3.05, 3.63) is 0 Å². The fourth-order valence-electron chi connectivity index (χ4n) is 0.793. The number of amides is 1. The molecule has 62 valence electrons. The molecule has 0 radical (unpaired) electrons. The van der Waals surface area contributed by atoms with Gasteiger partial charge in [0.2, 0.25) is 0 Å². The summed E-state index contributed by atoms with van der Waals surface area (Å²) in [5.41, 5.74) is 0. The van der Waals surface area contributed by atoms with Crippen LogP contribution in [0.5, 0.6) is 0 Å². The van der Waals surface area contributed by atoms with Gasteiger partial charge in [0.05, 0.1) is 20.2 Å². The molecule has 1 rings (SSSR count). The first kappa shape index (κ1) is 7.84. The van der Waals surface area contributed by atoms with E-state index in [1.807, 2.05) is 0 Å². The number of rotatable bonds is 2. The minimum Gasteiger partial charge on any atom is -0.453 e. The number of carbonyl (C=O) groups is 1. The molecule has 5 nitrogen and oxygen atoms in total. The van der Waals surface area contributed by atoms with E-state index < -0.39 is 6.09 Å². The molecule has 1 aliphatic rings. The summed E-state index contributed by atoms with van der Waals surface area (Å²) in [6, 6.07) is 0. The molecule has 0 aromatic heterocycles. The molecule has 0 aromatic rings. The molecule has 0 saturated carbocycles. The molecule has 11 heavy (non-hydrogen) atoms. The Morgan fingerprint density at radius 3 is 3.27 bits per heavy atom. The van der Waals surface area contributed by atoms with Crippen molar-refractivity contribution in [2.24, 2.45) is 4.99 Å². The second kappa shape index (κ2) is 3.80. The SMILES string of the molecule is COC(=O)NCC1=NCCN1. The van der Waals surface area contributed by atoms with Crippen LogP contribution >= 0.6 is 0 Å². The highest BCUT2D eigenvalue weighted by Crippen LogP contribution is 1.83. The molecule has 0 spiro atoms. The zero-order valence-corrected chi connectivity index (χ0v) is 6.39. The van der Waals surface area contributed by atoms with E-state index in [0.717, 1.165) is 18.9 Å². The van der Waals surface area contributed by atoms with Crippen molar-refractivity contribution in [3.8, 4) is 0 Å². The average Bonchev–Trinajstić information content (AvgIpc) is 2.52. The minimum absolute atomic E-state index is 0.423. The fraction of sp³-hybridized carbons (Fsp3) is 0.667. The highest BCUT2D eigenvalue weighted by atomic mass is 16.5. The first-order chi connectivity index (χ1) is 5.33. The fourth-order valence-corrected chi connectivity index (χ4v) is 0.793. The maximum absolute atomic E-state index is 10.6. The van der Waals surface area contributed by atoms with Gasteiger partial charge in [-0.25, -0.2) is 4.79 Å². The number of alkyl carbamates (subject to hydrolysis) is 1. The van der Waals surface area contributed by atoms with E-state index in [0.29, 0.717) is 6.54 Å². The summed E-state index contributed by atoms with van der Waals surface area (Å²) in [6.07, 6.45) is -0.429. The number of nitrogens with one attached hydrogen (secondary N) is 2. The van der Waals surface area contributed by atoms with Gasteiger partial charge >= 0.3 is 6.09 Å². The van der Waals surface area contributed by atoms with Gasteiger partial charge in [-0.2, -0.15) is 0 Å². The third-order valence-electron chi connectivity index (χ3n) is 1.33. The molecule has 5 heteroatoms. The average molecular weight is 157 g/mol. The monoisotopic (exact) mass is 157 g/mol. The smallest absolute Gasteiger partial charge is 0.407 e. The quantitative estimate of drug-likeness (QED) is 0.559. The number of nitrogens with zero attached hydrogens (tertiary/aromatic N) is 1. The predicted octanol–water partition coefficient (Wildman–Crippen LogP) is -0.656. The summed E-state index contributed by atoms with van der Waals surface area (Å²) in [7, 11) is 1.33. The minimum atomic E-state index is -0.429. The summed E-state index contributed by atoms with van der Waals surface area (Å²) < 4.78 is 4.38. The highest BCUT2D eigenvalue weighted by molar-refractivity contribution is 5.87. The van der Waals surface area contributed by atoms with Crippen LogP contribution < -0.4 is 10.6 Å². The first-order valence-electron chi connectivity index (χ1n) is 3.42. The van der Waals surface area contributed by atoms with Crippen LogP contribution in [-0.2, 0) is 4.74 Å². The number of ether oxygens (including phenoxy) is 1. The Balaban J connectivity index is 2.16. The molecule has 0 aromatic carbocycles. The molecular formula is C6H11N3O2. The molecule has 1 aliphatic heterocycles. The Morgan fingerprint density at radius 1 is 1.91 bits per heavy atom. The lowest BCUT2D eigenvalue weighted by Gasteiger charge is -2.02. The molecule has 0 unspecified atom stereocenters. The van der Waals surface area contributed by atoms with Crippen LogP contribution in [0.1, 0.15) is 0 Å². The number of hydrogen-bond acceptors (Lipinski definition) is 4. The normalized spacial score (nSPS) is 15.2. The van der Waals surface area contributed by atoms with E-state index in [9.17, 15) is 4.79 Å². The summed E-state index contributed by atoms with van der Waals surface area (Å²) in [5, 5.41) is 5.54. The van der Waals surface area contributed by atoms with Crippen LogP contribution in [0.3, 0.4) is 0 Å². The molecule has 0 saturated heterocycles. The maximum atomic E-state index is 10.6. The van der Waals surface area contributed by atoms with Crippen LogP contribution in [0, 0.1) is 0 Å². The zero-order valence-electron chi connectivity index (χ0n) is 6.39. The van der Waals surface area contributed by atoms with Crippen molar-refractivity contribution in [2.75, 3.05) is 26.7 Å². The van der Waals surface area contributed by atoms with Crippen LogP contribution in [0.15, 0.2) is 4.99 Å². The van der Waals surface area contributed by atoms with E-state index in [-0.39, 0.29) is 0 Å². The number of aliphatic imine (C=N–C) groups is 1. The summed E-state index contributed by atoms with van der Waals surface area (Å²) in [6.45, 7) is 2.07. The second-order valence-electron chi connectivity index (χ2n) is 2.10. The summed E-state index contributed by atoms with van der Waals surface area (Å²) >= 11 is 0. The summed E-state index contributed by atoms with van der Waals surface area (Å²) in [4.78, 5) is 14.6.